The van der Waals surface area contributed by atoms with E-state index in [2.05, 4.69) is 15.2 Å². The van der Waals surface area contributed by atoms with E-state index in [1.165, 1.54) is 0 Å². The molecular weight excluding hydrogens is 432 g/mol. The number of ether oxygens (including phenoxy) is 1. The van der Waals surface area contributed by atoms with E-state index in [0.717, 1.165) is 22.9 Å². The van der Waals surface area contributed by atoms with Gasteiger partial charge in [-0.2, -0.15) is 10.1 Å². The number of carbonyl (C=O) groups is 1. The highest BCUT2D eigenvalue weighted by Crippen LogP contribution is 2.32. The van der Waals surface area contributed by atoms with Crippen molar-refractivity contribution in [2.45, 2.75) is 45.8 Å². The summed E-state index contributed by atoms with van der Waals surface area (Å²) in [6.45, 7) is 4.52. The maximum atomic E-state index is 10.7. The zero-order chi connectivity index (χ0) is 22.7. The van der Waals surface area contributed by atoms with Gasteiger partial charge in [0.05, 0.1) is 16.6 Å². The van der Waals surface area contributed by atoms with Gasteiger partial charge >= 0.3 is 5.97 Å². The number of aromatic nitrogens is 4. The molecule has 0 saturated carbocycles. The molecule has 1 N–H and O–H groups in total. The normalized spacial score (nSPS) is 11.4. The molecule has 2 heterocycles. The Morgan fingerprint density at radius 3 is 2.84 bits per heavy atom. The van der Waals surface area contributed by atoms with E-state index >= 15 is 0 Å². The van der Waals surface area contributed by atoms with Crippen LogP contribution < -0.4 is 4.74 Å². The highest BCUT2D eigenvalue weighted by Gasteiger charge is 2.16. The van der Waals surface area contributed by atoms with Crippen LogP contribution in [-0.4, -0.2) is 37.1 Å². The number of rotatable bonds is 9. The van der Waals surface area contributed by atoms with Crippen LogP contribution in [0.2, 0.25) is 5.02 Å². The molecule has 0 aliphatic carbocycles. The van der Waals surface area contributed by atoms with E-state index in [9.17, 15) is 4.79 Å². The monoisotopic (exact) mass is 454 g/mol. The number of carboxylic acid groups (broad SMARTS) is 1. The maximum absolute atomic E-state index is 10.7. The first kappa shape index (κ1) is 21.8. The third kappa shape index (κ3) is 4.91. The molecule has 0 radical (unpaired) electrons. The predicted octanol–water partition coefficient (Wildman–Crippen LogP) is 5.45. The van der Waals surface area contributed by atoms with Gasteiger partial charge in [-0.15, -0.1) is 0 Å². The molecule has 0 amide bonds. The molecule has 4 rings (SSSR count). The number of hydrogen-bond acceptors (Lipinski definition) is 6. The van der Waals surface area contributed by atoms with Gasteiger partial charge in [0, 0.05) is 35.7 Å². The largest absolute Gasteiger partial charge is 0.489 e. The topological polar surface area (TPSA) is 103 Å². The molecule has 0 fully saturated rings. The number of unbranched alkanes of at least 4 members (excludes halogenated alkanes) is 1. The van der Waals surface area contributed by atoms with Gasteiger partial charge in [-0.05, 0) is 51.0 Å². The molecule has 8 nitrogen and oxygen atoms in total. The van der Waals surface area contributed by atoms with Crippen LogP contribution in [0.4, 0.5) is 0 Å². The van der Waals surface area contributed by atoms with Gasteiger partial charge < -0.3 is 14.4 Å². The Labute approximate surface area is 189 Å². The van der Waals surface area contributed by atoms with Crippen LogP contribution in [0.1, 0.15) is 33.1 Å². The Bertz CT molecular complexity index is 1250. The SMILES string of the molecule is CC(C)Oc1ccc(-c2nc(-c3cccc4nn(CCCCC(=O)O)cc34)no2)cc1Cl. The quantitative estimate of drug-likeness (QED) is 0.335. The predicted molar refractivity (Wildman–Crippen MR) is 121 cm³/mol. The number of fused-ring (bicyclic) bond motifs is 1. The van der Waals surface area contributed by atoms with Crippen molar-refractivity contribution in [3.05, 3.63) is 47.6 Å². The number of aliphatic carboxylic acids is 1. The molecule has 0 atom stereocenters. The van der Waals surface area contributed by atoms with Gasteiger partial charge in [0.1, 0.15) is 5.75 Å². The summed E-state index contributed by atoms with van der Waals surface area (Å²) in [6.07, 6.45) is 3.45. The lowest BCUT2D eigenvalue weighted by Crippen LogP contribution is -2.05. The number of aryl methyl sites for hydroxylation is 1. The van der Waals surface area contributed by atoms with Crippen LogP contribution in [0, 0.1) is 0 Å². The molecule has 9 heteroatoms. The minimum absolute atomic E-state index is 0.0203. The molecule has 2 aromatic carbocycles. The van der Waals surface area contributed by atoms with E-state index in [-0.39, 0.29) is 12.5 Å². The third-order valence-electron chi connectivity index (χ3n) is 4.83. The summed E-state index contributed by atoms with van der Waals surface area (Å²) in [5.74, 6) is 0.630. The molecule has 0 aliphatic rings. The second-order valence-corrected chi connectivity index (χ2v) is 8.12. The Balaban J connectivity index is 1.56. The Morgan fingerprint density at radius 1 is 1.25 bits per heavy atom. The lowest BCUT2D eigenvalue weighted by Gasteiger charge is -2.11. The number of nitrogens with zero attached hydrogens (tertiary/aromatic N) is 4. The van der Waals surface area contributed by atoms with E-state index in [0.29, 0.717) is 41.0 Å². The molecule has 0 aliphatic heterocycles. The van der Waals surface area contributed by atoms with Crippen LogP contribution in [0.15, 0.2) is 47.1 Å². The first-order valence-electron chi connectivity index (χ1n) is 10.4. The third-order valence-corrected chi connectivity index (χ3v) is 5.13. The summed E-state index contributed by atoms with van der Waals surface area (Å²) in [5, 5.41) is 18.9. The van der Waals surface area contributed by atoms with Crippen molar-refractivity contribution in [1.82, 2.24) is 19.9 Å². The fourth-order valence-corrected chi connectivity index (χ4v) is 3.61. The minimum atomic E-state index is -0.783. The highest BCUT2D eigenvalue weighted by molar-refractivity contribution is 6.32. The van der Waals surface area contributed by atoms with Gasteiger partial charge in [0.2, 0.25) is 5.82 Å². The van der Waals surface area contributed by atoms with Crippen molar-refractivity contribution >= 4 is 28.5 Å². The Morgan fingerprint density at radius 2 is 2.09 bits per heavy atom. The van der Waals surface area contributed by atoms with Gasteiger partial charge in [0.25, 0.3) is 5.89 Å². The first-order valence-corrected chi connectivity index (χ1v) is 10.8. The molecule has 166 valence electrons. The number of hydrogen-bond donors (Lipinski definition) is 1. The average molecular weight is 455 g/mol. The standard InChI is InChI=1S/C23H23ClN4O4/c1-14(2)31-20-10-9-15(12-18(20)24)23-25-22(27-32-23)16-6-5-7-19-17(16)13-28(26-19)11-4-3-8-21(29)30/h5-7,9-10,12-14H,3-4,8,11H2,1-2H3,(H,29,30). The molecule has 4 aromatic rings. The van der Waals surface area contributed by atoms with Crippen molar-refractivity contribution in [3.8, 4) is 28.6 Å². The lowest BCUT2D eigenvalue weighted by molar-refractivity contribution is -0.137. The molecule has 32 heavy (non-hydrogen) atoms. The van der Waals surface area contributed by atoms with Crippen LogP contribution in [0.25, 0.3) is 33.7 Å². The van der Waals surface area contributed by atoms with Crippen molar-refractivity contribution in [1.29, 1.82) is 0 Å². The zero-order valence-corrected chi connectivity index (χ0v) is 18.5. The summed E-state index contributed by atoms with van der Waals surface area (Å²) in [7, 11) is 0. The lowest BCUT2D eigenvalue weighted by atomic mass is 10.1. The van der Waals surface area contributed by atoms with Crippen molar-refractivity contribution in [2.24, 2.45) is 0 Å². The van der Waals surface area contributed by atoms with Gasteiger partial charge in [-0.1, -0.05) is 28.9 Å². The Kier molecular flexibility index (Phi) is 6.41. The second kappa shape index (κ2) is 9.40. The summed E-state index contributed by atoms with van der Waals surface area (Å²) >= 11 is 6.34. The number of halogens is 1. The van der Waals surface area contributed by atoms with Gasteiger partial charge in [0.15, 0.2) is 0 Å². The van der Waals surface area contributed by atoms with Crippen molar-refractivity contribution < 1.29 is 19.2 Å². The van der Waals surface area contributed by atoms with Gasteiger partial charge in [-0.25, -0.2) is 0 Å². The summed E-state index contributed by atoms with van der Waals surface area (Å²) in [6, 6.07) is 11.1. The fourth-order valence-electron chi connectivity index (χ4n) is 3.39. The molecule has 2 aromatic heterocycles. The van der Waals surface area contributed by atoms with Gasteiger partial charge in [-0.3, -0.25) is 9.48 Å². The van der Waals surface area contributed by atoms with E-state index in [1.807, 2.05) is 49.0 Å². The average Bonchev–Trinajstić information content (AvgIpc) is 3.39. The smallest absolute Gasteiger partial charge is 0.303 e. The summed E-state index contributed by atoms with van der Waals surface area (Å²) in [5.41, 5.74) is 2.32. The van der Waals surface area contributed by atoms with Crippen LogP contribution in [0.5, 0.6) is 5.75 Å². The van der Waals surface area contributed by atoms with E-state index < -0.39 is 5.97 Å². The van der Waals surface area contributed by atoms with Crippen molar-refractivity contribution in [3.63, 3.8) is 0 Å². The summed E-state index contributed by atoms with van der Waals surface area (Å²) < 4.78 is 13.0. The molecule has 0 unspecified atom stereocenters. The molecule has 0 bridgehead atoms. The van der Waals surface area contributed by atoms with Crippen LogP contribution >= 0.6 is 11.6 Å². The zero-order valence-electron chi connectivity index (χ0n) is 17.8. The summed E-state index contributed by atoms with van der Waals surface area (Å²) in [4.78, 5) is 15.2. The van der Waals surface area contributed by atoms with E-state index in [4.69, 9.17) is 26.0 Å². The first-order chi connectivity index (χ1) is 15.4. The molecule has 0 spiro atoms. The minimum Gasteiger partial charge on any atom is -0.489 e. The van der Waals surface area contributed by atoms with Crippen molar-refractivity contribution in [2.75, 3.05) is 0 Å². The number of benzene rings is 2. The molecule has 0 saturated heterocycles. The Hall–Kier alpha value is -3.39. The highest BCUT2D eigenvalue weighted by atomic mass is 35.5. The molecular formula is C23H23ClN4O4. The van der Waals surface area contributed by atoms with Crippen LogP contribution in [0.3, 0.4) is 0 Å². The fraction of sp³-hybridized carbons (Fsp3) is 0.304. The van der Waals surface area contributed by atoms with E-state index in [1.54, 1.807) is 12.1 Å². The maximum Gasteiger partial charge on any atom is 0.303 e. The van der Waals surface area contributed by atoms with Crippen LogP contribution in [-0.2, 0) is 11.3 Å². The second-order valence-electron chi connectivity index (χ2n) is 7.72. The number of carboxylic acids is 1.